The summed E-state index contributed by atoms with van der Waals surface area (Å²) in [5, 5.41) is 0. The number of hydrogen-bond donors (Lipinski definition) is 0. The highest BCUT2D eigenvalue weighted by Crippen LogP contribution is 2.45. The Morgan fingerprint density at radius 1 is 1.03 bits per heavy atom. The maximum Gasteiger partial charge on any atom is 0.416 e. The first kappa shape index (κ1) is 21.8. The first-order chi connectivity index (χ1) is 15.2. The first-order valence-electron chi connectivity index (χ1n) is 9.95. The summed E-state index contributed by atoms with van der Waals surface area (Å²) in [5.41, 5.74) is 3.20. The van der Waals surface area contributed by atoms with Crippen LogP contribution < -0.4 is 9.47 Å². The van der Waals surface area contributed by atoms with E-state index in [0.29, 0.717) is 47.0 Å². The normalized spacial score (nSPS) is 12.7. The van der Waals surface area contributed by atoms with Crippen LogP contribution in [0, 0.1) is 6.92 Å². The summed E-state index contributed by atoms with van der Waals surface area (Å²) < 4.78 is 58.0. The zero-order valence-corrected chi connectivity index (χ0v) is 18.1. The van der Waals surface area contributed by atoms with Crippen molar-refractivity contribution in [1.82, 2.24) is 4.57 Å². The number of aryl methyl sites for hydroxylation is 1. The van der Waals surface area contributed by atoms with E-state index in [1.165, 1.54) is 20.3 Å². The molecule has 168 valence electrons. The molecule has 1 aromatic heterocycles. The summed E-state index contributed by atoms with van der Waals surface area (Å²) in [6, 6.07) is 8.66. The lowest BCUT2D eigenvalue weighted by atomic mass is 9.93. The lowest BCUT2D eigenvalue weighted by molar-refractivity contribution is -0.137. The molecule has 0 fully saturated rings. The molecule has 0 unspecified atom stereocenters. The number of benzene rings is 2. The van der Waals surface area contributed by atoms with Crippen LogP contribution in [0.1, 0.15) is 27.2 Å². The van der Waals surface area contributed by atoms with E-state index in [1.54, 1.807) is 26.2 Å². The third-order valence-electron chi connectivity index (χ3n) is 5.86. The van der Waals surface area contributed by atoms with Crippen molar-refractivity contribution in [3.8, 4) is 33.9 Å². The molecule has 4 rings (SSSR count). The van der Waals surface area contributed by atoms with Crippen LogP contribution >= 0.6 is 0 Å². The number of hydrogen-bond acceptors (Lipinski definition) is 4. The fourth-order valence-corrected chi connectivity index (χ4v) is 4.38. The van der Waals surface area contributed by atoms with Gasteiger partial charge in [-0.2, -0.15) is 13.2 Å². The summed E-state index contributed by atoms with van der Waals surface area (Å²) >= 11 is 0. The molecule has 2 aromatic carbocycles. The van der Waals surface area contributed by atoms with E-state index < -0.39 is 17.7 Å². The molecule has 2 heterocycles. The van der Waals surface area contributed by atoms with Gasteiger partial charge in [-0.05, 0) is 48.7 Å². The van der Waals surface area contributed by atoms with Gasteiger partial charge in [0.1, 0.15) is 0 Å². The average Bonchev–Trinajstić information content (AvgIpc) is 3.09. The lowest BCUT2D eigenvalue weighted by Crippen LogP contribution is -2.14. The smallest absolute Gasteiger partial charge is 0.416 e. The Hall–Kier alpha value is -3.42. The van der Waals surface area contributed by atoms with E-state index in [0.717, 1.165) is 23.3 Å². The van der Waals surface area contributed by atoms with E-state index in [2.05, 4.69) is 0 Å². The van der Waals surface area contributed by atoms with Crippen LogP contribution in [0.2, 0.25) is 0 Å². The highest BCUT2D eigenvalue weighted by Gasteiger charge is 2.34. The molecule has 5 nitrogen and oxygen atoms in total. The van der Waals surface area contributed by atoms with Crippen LogP contribution in [0.5, 0.6) is 11.5 Å². The Morgan fingerprint density at radius 2 is 1.72 bits per heavy atom. The van der Waals surface area contributed by atoms with Gasteiger partial charge in [-0.3, -0.25) is 0 Å². The molecule has 3 aromatic rings. The van der Waals surface area contributed by atoms with Crippen molar-refractivity contribution < 1.29 is 32.2 Å². The monoisotopic (exact) mass is 445 g/mol. The molecule has 0 saturated heterocycles. The maximum absolute atomic E-state index is 13.4. The molecule has 0 radical (unpaired) electrons. The Morgan fingerprint density at radius 3 is 2.34 bits per heavy atom. The molecular weight excluding hydrogens is 423 g/mol. The molecule has 0 spiro atoms. The van der Waals surface area contributed by atoms with E-state index >= 15 is 0 Å². The van der Waals surface area contributed by atoms with Crippen molar-refractivity contribution in [2.75, 3.05) is 21.3 Å². The molecule has 1 aliphatic rings. The van der Waals surface area contributed by atoms with Gasteiger partial charge in [-0.25, -0.2) is 4.79 Å². The molecule has 0 N–H and O–H groups in total. The second-order valence-electron chi connectivity index (χ2n) is 7.52. The van der Waals surface area contributed by atoms with Crippen LogP contribution in [0.4, 0.5) is 13.2 Å². The maximum atomic E-state index is 13.4. The number of fused-ring (bicyclic) bond motifs is 3. The fourth-order valence-electron chi connectivity index (χ4n) is 4.38. The molecule has 0 saturated carbocycles. The van der Waals surface area contributed by atoms with Gasteiger partial charge in [-0.15, -0.1) is 0 Å². The summed E-state index contributed by atoms with van der Waals surface area (Å²) in [5.74, 6) is 0.451. The van der Waals surface area contributed by atoms with Crippen LogP contribution in [0.3, 0.4) is 0 Å². The SMILES string of the molecule is COC(=O)c1c(-c2cccc(C(F)(F)F)c2)c(C)n2c1-c1cc(OC)c(OC)cc1CC2. The minimum Gasteiger partial charge on any atom is -0.493 e. The van der Waals surface area contributed by atoms with E-state index in [1.807, 2.05) is 10.6 Å². The number of esters is 1. The molecule has 8 heteroatoms. The molecule has 0 aliphatic carbocycles. The Kier molecular flexibility index (Phi) is 5.40. The molecule has 32 heavy (non-hydrogen) atoms. The predicted octanol–water partition coefficient (Wildman–Crippen LogP) is 5.51. The van der Waals surface area contributed by atoms with Gasteiger partial charge >= 0.3 is 12.1 Å². The number of rotatable bonds is 4. The molecule has 1 aliphatic heterocycles. The number of carbonyl (C=O) groups is 1. The quantitative estimate of drug-likeness (QED) is 0.497. The Labute approximate surface area is 183 Å². The van der Waals surface area contributed by atoms with Gasteiger partial charge in [0.25, 0.3) is 0 Å². The summed E-state index contributed by atoms with van der Waals surface area (Å²) in [4.78, 5) is 12.9. The standard InChI is InChI=1S/C24H22F3NO4/c1-13-20(15-6-5-7-16(10-15)24(25,26)27)21(23(29)32-4)22-17-12-19(31-3)18(30-2)11-14(17)8-9-28(13)22/h5-7,10-12H,8-9H2,1-4H3. The number of ether oxygens (including phenoxy) is 3. The largest absolute Gasteiger partial charge is 0.493 e. The van der Waals surface area contributed by atoms with Crippen molar-refractivity contribution in [3.63, 3.8) is 0 Å². The van der Waals surface area contributed by atoms with Crippen LogP contribution in [0.15, 0.2) is 36.4 Å². The second-order valence-corrected chi connectivity index (χ2v) is 7.52. The molecule has 0 bridgehead atoms. The number of carbonyl (C=O) groups excluding carboxylic acids is 1. The number of aromatic nitrogens is 1. The van der Waals surface area contributed by atoms with Gasteiger partial charge in [-0.1, -0.05) is 12.1 Å². The summed E-state index contributed by atoms with van der Waals surface area (Å²) in [7, 11) is 4.33. The zero-order valence-electron chi connectivity index (χ0n) is 18.1. The second kappa shape index (κ2) is 7.93. The Bertz CT molecular complexity index is 1210. The van der Waals surface area contributed by atoms with Gasteiger partial charge in [0.05, 0.1) is 38.2 Å². The number of methoxy groups -OCH3 is 3. The van der Waals surface area contributed by atoms with Crippen molar-refractivity contribution in [2.45, 2.75) is 26.1 Å². The van der Waals surface area contributed by atoms with Crippen LogP contribution in [-0.4, -0.2) is 31.9 Å². The van der Waals surface area contributed by atoms with Gasteiger partial charge in [0.2, 0.25) is 0 Å². The van der Waals surface area contributed by atoms with Crippen LogP contribution in [-0.2, 0) is 23.9 Å². The topological polar surface area (TPSA) is 49.7 Å². The van der Waals surface area contributed by atoms with E-state index in [9.17, 15) is 18.0 Å². The highest BCUT2D eigenvalue weighted by atomic mass is 19.4. The fraction of sp³-hybridized carbons (Fsp3) is 0.292. The molecular formula is C24H22F3NO4. The molecule has 0 atom stereocenters. The molecule has 0 amide bonds. The summed E-state index contributed by atoms with van der Waals surface area (Å²) in [6.45, 7) is 2.36. The first-order valence-corrected chi connectivity index (χ1v) is 9.95. The predicted molar refractivity (Wildman–Crippen MR) is 113 cm³/mol. The number of halogens is 3. The van der Waals surface area contributed by atoms with Gasteiger partial charge in [0, 0.05) is 23.4 Å². The van der Waals surface area contributed by atoms with E-state index in [4.69, 9.17) is 14.2 Å². The minimum atomic E-state index is -4.49. The third-order valence-corrected chi connectivity index (χ3v) is 5.86. The summed E-state index contributed by atoms with van der Waals surface area (Å²) in [6.07, 6.45) is -3.83. The van der Waals surface area contributed by atoms with Crippen molar-refractivity contribution in [2.24, 2.45) is 0 Å². The Balaban J connectivity index is 2.03. The number of nitrogens with zero attached hydrogens (tertiary/aromatic N) is 1. The van der Waals surface area contributed by atoms with Crippen LogP contribution in [0.25, 0.3) is 22.4 Å². The number of alkyl halides is 3. The van der Waals surface area contributed by atoms with Crippen molar-refractivity contribution >= 4 is 5.97 Å². The minimum absolute atomic E-state index is 0.234. The highest BCUT2D eigenvalue weighted by molar-refractivity contribution is 6.05. The average molecular weight is 445 g/mol. The third kappa shape index (κ3) is 3.39. The lowest BCUT2D eigenvalue weighted by Gasteiger charge is -2.23. The van der Waals surface area contributed by atoms with Gasteiger partial charge in [0.15, 0.2) is 11.5 Å². The van der Waals surface area contributed by atoms with Crippen molar-refractivity contribution in [1.29, 1.82) is 0 Å². The van der Waals surface area contributed by atoms with E-state index in [-0.39, 0.29) is 5.56 Å². The van der Waals surface area contributed by atoms with Crippen molar-refractivity contribution in [3.05, 3.63) is 58.8 Å². The van der Waals surface area contributed by atoms with Gasteiger partial charge < -0.3 is 18.8 Å². The zero-order chi connectivity index (χ0) is 23.2.